The minimum absolute atomic E-state index is 0.117. The van der Waals surface area contributed by atoms with Gasteiger partial charge in [-0.15, -0.1) is 0 Å². The van der Waals surface area contributed by atoms with E-state index in [4.69, 9.17) is 9.47 Å². The first-order valence-corrected chi connectivity index (χ1v) is 7.60. The first kappa shape index (κ1) is 17.4. The highest BCUT2D eigenvalue weighted by Crippen LogP contribution is 2.43. The molecule has 0 radical (unpaired) electrons. The Kier molecular flexibility index (Phi) is 5.57. The molecule has 124 valence electrons. The van der Waals surface area contributed by atoms with Gasteiger partial charge in [-0.3, -0.25) is 4.90 Å². The number of alkyl halides is 3. The Labute approximate surface area is 135 Å². The fourth-order valence-corrected chi connectivity index (χ4v) is 3.15. The van der Waals surface area contributed by atoms with Crippen LogP contribution in [0.2, 0.25) is 0 Å². The van der Waals surface area contributed by atoms with Crippen LogP contribution in [0.15, 0.2) is 16.6 Å². The van der Waals surface area contributed by atoms with Gasteiger partial charge in [0.15, 0.2) is 0 Å². The molecule has 0 amide bonds. The van der Waals surface area contributed by atoms with Crippen LogP contribution in [0.25, 0.3) is 0 Å². The van der Waals surface area contributed by atoms with Crippen LogP contribution < -0.4 is 14.8 Å². The molecule has 1 atom stereocenters. The van der Waals surface area contributed by atoms with E-state index >= 15 is 0 Å². The third kappa shape index (κ3) is 3.67. The van der Waals surface area contributed by atoms with Crippen LogP contribution >= 0.6 is 15.9 Å². The number of benzene rings is 1. The molecule has 22 heavy (non-hydrogen) atoms. The summed E-state index contributed by atoms with van der Waals surface area (Å²) in [6, 6.07) is 1.14. The van der Waals surface area contributed by atoms with Crippen molar-refractivity contribution in [1.82, 2.24) is 10.2 Å². The molecule has 0 spiro atoms. The second-order valence-electron chi connectivity index (χ2n) is 4.97. The summed E-state index contributed by atoms with van der Waals surface area (Å²) in [4.78, 5) is 1.43. The van der Waals surface area contributed by atoms with E-state index in [1.807, 2.05) is 0 Å². The molecule has 0 aromatic heterocycles. The van der Waals surface area contributed by atoms with Gasteiger partial charge in [-0.2, -0.15) is 13.2 Å². The first-order chi connectivity index (χ1) is 10.4. The molecular weight excluding hydrogens is 365 g/mol. The van der Waals surface area contributed by atoms with Gasteiger partial charge in [0.2, 0.25) is 0 Å². The Bertz CT molecular complexity index is 494. The molecule has 1 saturated heterocycles. The Morgan fingerprint density at radius 2 is 1.64 bits per heavy atom. The second kappa shape index (κ2) is 7.06. The zero-order valence-electron chi connectivity index (χ0n) is 12.3. The molecule has 8 heteroatoms. The van der Waals surface area contributed by atoms with Gasteiger partial charge in [-0.05, 0) is 33.6 Å². The van der Waals surface area contributed by atoms with Gasteiger partial charge in [0.25, 0.3) is 0 Å². The molecular formula is C14H18BrF3N2O2. The lowest BCUT2D eigenvalue weighted by atomic mass is 10.0. The van der Waals surface area contributed by atoms with E-state index in [9.17, 15) is 13.2 Å². The van der Waals surface area contributed by atoms with E-state index in [0.717, 1.165) is 0 Å². The lowest BCUT2D eigenvalue weighted by molar-refractivity contribution is -0.187. The minimum Gasteiger partial charge on any atom is -0.495 e. The summed E-state index contributed by atoms with van der Waals surface area (Å²) in [7, 11) is 2.83. The molecule has 0 bridgehead atoms. The average molecular weight is 383 g/mol. The van der Waals surface area contributed by atoms with Gasteiger partial charge in [0.05, 0.1) is 14.2 Å². The zero-order valence-corrected chi connectivity index (χ0v) is 13.9. The fourth-order valence-electron chi connectivity index (χ4n) is 2.59. The van der Waals surface area contributed by atoms with Crippen molar-refractivity contribution >= 4 is 15.9 Å². The molecule has 1 aliphatic heterocycles. The van der Waals surface area contributed by atoms with Crippen molar-refractivity contribution in [3.05, 3.63) is 22.2 Å². The highest BCUT2D eigenvalue weighted by atomic mass is 79.9. The third-order valence-electron chi connectivity index (χ3n) is 3.61. The van der Waals surface area contributed by atoms with Gasteiger partial charge >= 0.3 is 6.18 Å². The van der Waals surface area contributed by atoms with Crippen LogP contribution in [0.5, 0.6) is 11.5 Å². The summed E-state index contributed by atoms with van der Waals surface area (Å²) in [5.41, 5.74) is 0.117. The van der Waals surface area contributed by atoms with E-state index in [0.29, 0.717) is 42.2 Å². The molecule has 0 unspecified atom stereocenters. The smallest absolute Gasteiger partial charge is 0.408 e. The summed E-state index contributed by atoms with van der Waals surface area (Å²) < 4.78 is 51.6. The molecule has 1 aromatic rings. The standard InChI is InChI=1S/C14H18BrF3N2O2/c1-21-10-7-9(8-11(22-2)12(10)15)13(14(16,17)18)20-5-3-19-4-6-20/h7-8,13,19H,3-6H2,1-2H3/t13-/m0/s1. The summed E-state index contributed by atoms with van der Waals surface area (Å²) in [6.07, 6.45) is -4.37. The average Bonchev–Trinajstić information content (AvgIpc) is 2.48. The summed E-state index contributed by atoms with van der Waals surface area (Å²) in [5.74, 6) is 0.637. The summed E-state index contributed by atoms with van der Waals surface area (Å²) in [6.45, 7) is 1.75. The highest BCUT2D eigenvalue weighted by Gasteiger charge is 2.45. The SMILES string of the molecule is COc1cc([C@H](N2CCNCC2)C(F)(F)F)cc(OC)c1Br. The van der Waals surface area contributed by atoms with E-state index in [1.54, 1.807) is 0 Å². The largest absolute Gasteiger partial charge is 0.495 e. The van der Waals surface area contributed by atoms with Crippen molar-refractivity contribution in [3.63, 3.8) is 0 Å². The zero-order chi connectivity index (χ0) is 16.3. The highest BCUT2D eigenvalue weighted by molar-refractivity contribution is 9.10. The Morgan fingerprint density at radius 3 is 2.05 bits per heavy atom. The number of nitrogens with one attached hydrogen (secondary N) is 1. The quantitative estimate of drug-likeness (QED) is 0.867. The van der Waals surface area contributed by atoms with Crippen molar-refractivity contribution in [2.75, 3.05) is 40.4 Å². The van der Waals surface area contributed by atoms with Crippen LogP contribution in [-0.2, 0) is 0 Å². The maximum Gasteiger partial charge on any atom is 0.408 e. The van der Waals surface area contributed by atoms with Gasteiger partial charge in [0.1, 0.15) is 22.0 Å². The maximum absolute atomic E-state index is 13.6. The number of hydrogen-bond donors (Lipinski definition) is 1. The number of ether oxygens (including phenoxy) is 2. The number of methoxy groups -OCH3 is 2. The number of hydrogen-bond acceptors (Lipinski definition) is 4. The number of nitrogens with zero attached hydrogens (tertiary/aromatic N) is 1. The molecule has 0 saturated carbocycles. The predicted molar refractivity (Wildman–Crippen MR) is 80.5 cm³/mol. The normalized spacial score (nSPS) is 18.1. The van der Waals surface area contributed by atoms with Gasteiger partial charge in [0, 0.05) is 26.2 Å². The fraction of sp³-hybridized carbons (Fsp3) is 0.571. The Morgan fingerprint density at radius 1 is 1.14 bits per heavy atom. The molecule has 1 aliphatic rings. The summed E-state index contributed by atoms with van der Waals surface area (Å²) in [5, 5.41) is 3.06. The lowest BCUT2D eigenvalue weighted by Gasteiger charge is -2.36. The molecule has 1 aromatic carbocycles. The molecule has 2 rings (SSSR count). The van der Waals surface area contributed by atoms with E-state index in [2.05, 4.69) is 21.2 Å². The van der Waals surface area contributed by atoms with Crippen molar-refractivity contribution in [1.29, 1.82) is 0 Å². The van der Waals surface area contributed by atoms with Crippen LogP contribution in [0.4, 0.5) is 13.2 Å². The van der Waals surface area contributed by atoms with Crippen LogP contribution in [0, 0.1) is 0 Å². The molecule has 0 aliphatic carbocycles. The van der Waals surface area contributed by atoms with Crippen LogP contribution in [0.3, 0.4) is 0 Å². The molecule has 4 nitrogen and oxygen atoms in total. The second-order valence-corrected chi connectivity index (χ2v) is 5.76. The van der Waals surface area contributed by atoms with Gasteiger partial charge < -0.3 is 14.8 Å². The maximum atomic E-state index is 13.6. The van der Waals surface area contributed by atoms with Crippen molar-refractivity contribution in [2.45, 2.75) is 12.2 Å². The van der Waals surface area contributed by atoms with Crippen molar-refractivity contribution < 1.29 is 22.6 Å². The van der Waals surface area contributed by atoms with E-state index in [-0.39, 0.29) is 5.56 Å². The minimum atomic E-state index is -4.37. The molecule has 1 fully saturated rings. The number of rotatable bonds is 4. The number of piperazine rings is 1. The van der Waals surface area contributed by atoms with E-state index < -0.39 is 12.2 Å². The third-order valence-corrected chi connectivity index (χ3v) is 4.39. The predicted octanol–water partition coefficient (Wildman–Crippen LogP) is 2.97. The first-order valence-electron chi connectivity index (χ1n) is 6.81. The van der Waals surface area contributed by atoms with Gasteiger partial charge in [-0.1, -0.05) is 0 Å². The lowest BCUT2D eigenvalue weighted by Crippen LogP contribution is -2.49. The monoisotopic (exact) mass is 382 g/mol. The van der Waals surface area contributed by atoms with Crippen LogP contribution in [0.1, 0.15) is 11.6 Å². The topological polar surface area (TPSA) is 33.7 Å². The van der Waals surface area contributed by atoms with E-state index in [1.165, 1.54) is 31.3 Å². The molecule has 1 N–H and O–H groups in total. The number of halogens is 4. The Hall–Kier alpha value is -0.990. The molecule has 1 heterocycles. The van der Waals surface area contributed by atoms with Crippen molar-refractivity contribution in [3.8, 4) is 11.5 Å². The summed E-state index contributed by atoms with van der Waals surface area (Å²) >= 11 is 3.28. The van der Waals surface area contributed by atoms with Gasteiger partial charge in [-0.25, -0.2) is 0 Å². The van der Waals surface area contributed by atoms with Crippen LogP contribution in [-0.4, -0.2) is 51.5 Å². The van der Waals surface area contributed by atoms with Crippen molar-refractivity contribution in [2.24, 2.45) is 0 Å². The Balaban J connectivity index is 2.47.